The van der Waals surface area contributed by atoms with Crippen molar-refractivity contribution in [3.05, 3.63) is 56.3 Å². The number of halogens is 1. The molecule has 0 aliphatic carbocycles. The van der Waals surface area contributed by atoms with E-state index in [0.717, 1.165) is 39.5 Å². The Bertz CT molecular complexity index is 989. The van der Waals surface area contributed by atoms with Gasteiger partial charge >= 0.3 is 0 Å². The van der Waals surface area contributed by atoms with Crippen LogP contribution in [0.4, 0.5) is 5.69 Å². The second kappa shape index (κ2) is 8.57. The first kappa shape index (κ1) is 20.7. The van der Waals surface area contributed by atoms with Gasteiger partial charge in [0.05, 0.1) is 11.4 Å². The van der Waals surface area contributed by atoms with Crippen LogP contribution in [0.1, 0.15) is 52.6 Å². The Morgan fingerprint density at radius 1 is 1.18 bits per heavy atom. The normalized spacial score (nSPS) is 11.2. The van der Waals surface area contributed by atoms with E-state index in [0.29, 0.717) is 16.5 Å². The molecule has 0 fully saturated rings. The van der Waals surface area contributed by atoms with Crippen LogP contribution in [0.5, 0.6) is 0 Å². The molecule has 1 N–H and O–H groups in total. The zero-order valence-corrected chi connectivity index (χ0v) is 19.2. The van der Waals surface area contributed by atoms with E-state index in [1.165, 1.54) is 16.9 Å². The molecule has 0 unspecified atom stereocenters. The van der Waals surface area contributed by atoms with E-state index in [1.54, 1.807) is 0 Å². The van der Waals surface area contributed by atoms with Crippen molar-refractivity contribution >= 4 is 38.9 Å². The maximum absolute atomic E-state index is 12.7. The Hall–Kier alpha value is -1.99. The van der Waals surface area contributed by atoms with Crippen LogP contribution in [0.15, 0.2) is 28.7 Å². The summed E-state index contributed by atoms with van der Waals surface area (Å²) in [5.74, 6) is 0.503. The van der Waals surface area contributed by atoms with Crippen molar-refractivity contribution in [2.45, 2.75) is 47.5 Å². The standard InChI is InChI=1S/C21H25BrN4OS/c1-12(2)6-11-18-13(3)25-26(15(18)5)21-23-14(4)19(28-21)20(27)24-17-9-7-16(22)8-10-17/h7-10,12H,6,11H2,1-5H3,(H,24,27). The molecular formula is C21H25BrN4OS. The molecule has 0 spiro atoms. The molecule has 0 saturated carbocycles. The van der Waals surface area contributed by atoms with Crippen molar-refractivity contribution in [1.82, 2.24) is 14.8 Å². The number of aromatic nitrogens is 3. The van der Waals surface area contributed by atoms with Gasteiger partial charge in [-0.25, -0.2) is 9.67 Å². The van der Waals surface area contributed by atoms with Crippen LogP contribution in [0.25, 0.3) is 5.13 Å². The third-order valence-corrected chi connectivity index (χ3v) is 6.35. The Balaban J connectivity index is 1.85. The lowest BCUT2D eigenvalue weighted by Gasteiger charge is -2.05. The highest BCUT2D eigenvalue weighted by atomic mass is 79.9. The molecule has 1 aromatic carbocycles. The number of nitrogens with zero attached hydrogens (tertiary/aromatic N) is 3. The van der Waals surface area contributed by atoms with Crippen LogP contribution < -0.4 is 5.32 Å². The number of hydrogen-bond acceptors (Lipinski definition) is 4. The number of benzene rings is 1. The molecule has 148 valence electrons. The topological polar surface area (TPSA) is 59.8 Å². The first-order valence-electron chi connectivity index (χ1n) is 9.36. The van der Waals surface area contributed by atoms with Crippen LogP contribution in [0, 0.1) is 26.7 Å². The summed E-state index contributed by atoms with van der Waals surface area (Å²) in [5, 5.41) is 8.36. The molecule has 0 atom stereocenters. The van der Waals surface area contributed by atoms with Crippen molar-refractivity contribution in [2.75, 3.05) is 5.32 Å². The molecule has 0 aliphatic heterocycles. The first-order valence-corrected chi connectivity index (χ1v) is 11.0. The summed E-state index contributed by atoms with van der Waals surface area (Å²) in [5.41, 5.74) is 4.89. The molecule has 0 saturated heterocycles. The summed E-state index contributed by atoms with van der Waals surface area (Å²) < 4.78 is 2.85. The van der Waals surface area contributed by atoms with Gasteiger partial charge in [-0.2, -0.15) is 5.10 Å². The number of carbonyl (C=O) groups excluding carboxylic acids is 1. The van der Waals surface area contributed by atoms with E-state index in [1.807, 2.05) is 42.8 Å². The Labute approximate surface area is 178 Å². The van der Waals surface area contributed by atoms with E-state index in [4.69, 9.17) is 5.10 Å². The summed E-state index contributed by atoms with van der Waals surface area (Å²) >= 11 is 4.77. The molecule has 0 aliphatic rings. The smallest absolute Gasteiger partial charge is 0.267 e. The van der Waals surface area contributed by atoms with Gasteiger partial charge in [0.2, 0.25) is 5.13 Å². The van der Waals surface area contributed by atoms with Gasteiger partial charge in [0, 0.05) is 15.9 Å². The van der Waals surface area contributed by atoms with E-state index < -0.39 is 0 Å². The molecule has 1 amide bonds. The number of thiazole rings is 1. The number of anilines is 1. The second-order valence-corrected chi connectivity index (χ2v) is 9.26. The number of rotatable bonds is 6. The lowest BCUT2D eigenvalue weighted by atomic mass is 10.0. The summed E-state index contributed by atoms with van der Waals surface area (Å²) in [6.07, 6.45) is 2.14. The van der Waals surface area contributed by atoms with Crippen molar-refractivity contribution < 1.29 is 4.79 Å². The molecular weight excluding hydrogens is 436 g/mol. The third kappa shape index (κ3) is 4.52. The summed E-state index contributed by atoms with van der Waals surface area (Å²) in [7, 11) is 0. The molecule has 7 heteroatoms. The summed E-state index contributed by atoms with van der Waals surface area (Å²) in [6.45, 7) is 10.4. The maximum atomic E-state index is 12.7. The van der Waals surface area contributed by atoms with Gasteiger partial charge < -0.3 is 5.32 Å². The minimum Gasteiger partial charge on any atom is -0.321 e. The molecule has 2 heterocycles. The number of hydrogen-bond donors (Lipinski definition) is 1. The largest absolute Gasteiger partial charge is 0.321 e. The van der Waals surface area contributed by atoms with Crippen LogP contribution in [-0.4, -0.2) is 20.7 Å². The van der Waals surface area contributed by atoms with Gasteiger partial charge in [-0.05, 0) is 69.4 Å². The highest BCUT2D eigenvalue weighted by Crippen LogP contribution is 2.27. The fourth-order valence-electron chi connectivity index (χ4n) is 3.06. The van der Waals surface area contributed by atoms with Gasteiger partial charge in [-0.1, -0.05) is 41.1 Å². The molecule has 3 rings (SSSR count). The summed E-state index contributed by atoms with van der Waals surface area (Å²) in [6, 6.07) is 7.52. The van der Waals surface area contributed by atoms with Crippen molar-refractivity contribution in [2.24, 2.45) is 5.92 Å². The van der Waals surface area contributed by atoms with Crippen LogP contribution in [0.3, 0.4) is 0 Å². The lowest BCUT2D eigenvalue weighted by molar-refractivity contribution is 0.103. The van der Waals surface area contributed by atoms with Gasteiger partial charge in [-0.15, -0.1) is 0 Å². The van der Waals surface area contributed by atoms with E-state index in [9.17, 15) is 4.79 Å². The van der Waals surface area contributed by atoms with Crippen LogP contribution in [0.2, 0.25) is 0 Å². The Morgan fingerprint density at radius 2 is 1.86 bits per heavy atom. The van der Waals surface area contributed by atoms with Crippen molar-refractivity contribution in [1.29, 1.82) is 0 Å². The predicted octanol–water partition coefficient (Wildman–Crippen LogP) is 5.86. The fourth-order valence-corrected chi connectivity index (χ4v) is 4.29. The highest BCUT2D eigenvalue weighted by molar-refractivity contribution is 9.10. The van der Waals surface area contributed by atoms with Crippen LogP contribution >= 0.6 is 27.3 Å². The molecule has 0 radical (unpaired) electrons. The first-order chi connectivity index (χ1) is 13.3. The number of amides is 1. The molecule has 5 nitrogen and oxygen atoms in total. The zero-order chi connectivity index (χ0) is 20.4. The van der Waals surface area contributed by atoms with E-state index in [-0.39, 0.29) is 5.91 Å². The molecule has 2 aromatic heterocycles. The van der Waals surface area contributed by atoms with Crippen molar-refractivity contribution in [3.63, 3.8) is 0 Å². The minimum atomic E-state index is -0.148. The fraction of sp³-hybridized carbons (Fsp3) is 0.381. The average Bonchev–Trinajstić information content (AvgIpc) is 3.15. The van der Waals surface area contributed by atoms with Gasteiger partial charge in [0.25, 0.3) is 5.91 Å². The van der Waals surface area contributed by atoms with Crippen molar-refractivity contribution in [3.8, 4) is 5.13 Å². The SMILES string of the molecule is Cc1nc(-n2nc(C)c(CCC(C)C)c2C)sc1C(=O)Nc1ccc(Br)cc1. The Morgan fingerprint density at radius 3 is 2.50 bits per heavy atom. The Kier molecular flexibility index (Phi) is 6.35. The predicted molar refractivity (Wildman–Crippen MR) is 119 cm³/mol. The molecule has 0 bridgehead atoms. The zero-order valence-electron chi connectivity index (χ0n) is 16.8. The average molecular weight is 461 g/mol. The molecule has 28 heavy (non-hydrogen) atoms. The van der Waals surface area contributed by atoms with Gasteiger partial charge in [0.15, 0.2) is 0 Å². The van der Waals surface area contributed by atoms with E-state index >= 15 is 0 Å². The van der Waals surface area contributed by atoms with Gasteiger partial charge in [0.1, 0.15) is 4.88 Å². The van der Waals surface area contributed by atoms with Crippen LogP contribution in [-0.2, 0) is 6.42 Å². The van der Waals surface area contributed by atoms with E-state index in [2.05, 4.69) is 47.0 Å². The van der Waals surface area contributed by atoms with Gasteiger partial charge in [-0.3, -0.25) is 4.79 Å². The third-order valence-electron chi connectivity index (χ3n) is 4.69. The monoisotopic (exact) mass is 460 g/mol. The number of carbonyl (C=O) groups is 1. The lowest BCUT2D eigenvalue weighted by Crippen LogP contribution is -2.11. The summed E-state index contributed by atoms with van der Waals surface area (Å²) in [4.78, 5) is 17.9. The number of nitrogens with one attached hydrogen (secondary N) is 1. The molecule has 3 aromatic rings. The second-order valence-electron chi connectivity index (χ2n) is 7.37. The minimum absolute atomic E-state index is 0.148. The highest BCUT2D eigenvalue weighted by Gasteiger charge is 2.20. The number of aryl methyl sites for hydroxylation is 2. The quantitative estimate of drug-likeness (QED) is 0.501. The maximum Gasteiger partial charge on any atom is 0.267 e.